The van der Waals surface area contributed by atoms with Gasteiger partial charge < -0.3 is 10.0 Å². The second kappa shape index (κ2) is 5.18. The second-order valence-electron chi connectivity index (χ2n) is 3.64. The van der Waals surface area contributed by atoms with Crippen LogP contribution in [-0.4, -0.2) is 51.5 Å². The van der Waals surface area contributed by atoms with Crippen LogP contribution in [0.25, 0.3) is 0 Å². The molecule has 0 radical (unpaired) electrons. The van der Waals surface area contributed by atoms with Gasteiger partial charge in [-0.1, -0.05) is 0 Å². The van der Waals surface area contributed by atoms with Gasteiger partial charge in [0.05, 0.1) is 5.56 Å². The smallest absolute Gasteiger partial charge is 0.354 e. The van der Waals surface area contributed by atoms with E-state index in [-0.39, 0.29) is 11.6 Å². The van der Waals surface area contributed by atoms with Gasteiger partial charge in [0, 0.05) is 30.8 Å². The number of hydrogen-bond acceptors (Lipinski definition) is 4. The van der Waals surface area contributed by atoms with Crippen molar-refractivity contribution in [2.45, 2.75) is 0 Å². The van der Waals surface area contributed by atoms with E-state index < -0.39 is 5.97 Å². The normalized spacial score (nSPS) is 15.6. The number of pyridine rings is 1. The number of carbonyl (C=O) groups excluding carboxylic acids is 1. The van der Waals surface area contributed by atoms with Crippen LogP contribution >= 0.6 is 11.8 Å². The molecule has 1 aromatic heterocycles. The van der Waals surface area contributed by atoms with Crippen molar-refractivity contribution in [1.82, 2.24) is 9.88 Å². The molecule has 1 aliphatic heterocycles. The van der Waals surface area contributed by atoms with E-state index in [9.17, 15) is 9.59 Å². The van der Waals surface area contributed by atoms with Crippen LogP contribution in [0.3, 0.4) is 0 Å². The number of carboxylic acid groups (broad SMARTS) is 1. The Morgan fingerprint density at radius 3 is 2.53 bits per heavy atom. The number of carboxylic acids is 1. The lowest BCUT2D eigenvalue weighted by Gasteiger charge is -2.26. The first-order valence-corrected chi connectivity index (χ1v) is 6.40. The van der Waals surface area contributed by atoms with E-state index in [1.54, 1.807) is 4.90 Å². The maximum absolute atomic E-state index is 12.0. The molecule has 0 spiro atoms. The Hall–Kier alpha value is -1.56. The summed E-state index contributed by atoms with van der Waals surface area (Å²) in [4.78, 5) is 28.1. The van der Waals surface area contributed by atoms with Crippen molar-refractivity contribution < 1.29 is 14.7 Å². The highest BCUT2D eigenvalue weighted by Gasteiger charge is 2.18. The predicted molar refractivity (Wildman–Crippen MR) is 64.4 cm³/mol. The molecule has 1 N–H and O–H groups in total. The summed E-state index contributed by atoms with van der Waals surface area (Å²) in [7, 11) is 0. The van der Waals surface area contributed by atoms with Crippen LogP contribution in [0.2, 0.25) is 0 Å². The van der Waals surface area contributed by atoms with Crippen LogP contribution in [0, 0.1) is 0 Å². The van der Waals surface area contributed by atoms with Gasteiger partial charge in [0.1, 0.15) is 5.69 Å². The number of carbonyl (C=O) groups is 2. The van der Waals surface area contributed by atoms with E-state index in [0.717, 1.165) is 24.6 Å². The molecule has 5 nitrogen and oxygen atoms in total. The Kier molecular flexibility index (Phi) is 3.63. The fraction of sp³-hybridized carbons (Fsp3) is 0.364. The van der Waals surface area contributed by atoms with Crippen molar-refractivity contribution in [2.75, 3.05) is 24.6 Å². The molecule has 1 aromatic rings. The first-order chi connectivity index (χ1) is 8.18. The molecule has 1 fully saturated rings. The van der Waals surface area contributed by atoms with Crippen molar-refractivity contribution in [1.29, 1.82) is 0 Å². The third kappa shape index (κ3) is 2.76. The van der Waals surface area contributed by atoms with Crippen LogP contribution in [0.5, 0.6) is 0 Å². The van der Waals surface area contributed by atoms with Gasteiger partial charge in [-0.3, -0.25) is 4.79 Å². The molecule has 0 saturated carbocycles. The third-order valence-corrected chi connectivity index (χ3v) is 3.47. The van der Waals surface area contributed by atoms with Crippen molar-refractivity contribution in [3.63, 3.8) is 0 Å². The molecule has 0 atom stereocenters. The van der Waals surface area contributed by atoms with Crippen LogP contribution in [0.4, 0.5) is 0 Å². The fourth-order valence-corrected chi connectivity index (χ4v) is 2.50. The topological polar surface area (TPSA) is 70.5 Å². The Morgan fingerprint density at radius 1 is 1.29 bits per heavy atom. The van der Waals surface area contributed by atoms with E-state index in [0.29, 0.717) is 5.56 Å². The summed E-state index contributed by atoms with van der Waals surface area (Å²) >= 11 is 1.83. The molecule has 1 amide bonds. The highest BCUT2D eigenvalue weighted by atomic mass is 32.2. The van der Waals surface area contributed by atoms with Crippen LogP contribution < -0.4 is 0 Å². The van der Waals surface area contributed by atoms with Gasteiger partial charge in [-0.15, -0.1) is 0 Å². The third-order valence-electron chi connectivity index (χ3n) is 2.53. The van der Waals surface area contributed by atoms with Crippen LogP contribution in [0.1, 0.15) is 20.8 Å². The molecule has 6 heteroatoms. The fourth-order valence-electron chi connectivity index (χ4n) is 1.60. The Bertz CT molecular complexity index is 427. The van der Waals surface area contributed by atoms with Gasteiger partial charge in [0.15, 0.2) is 0 Å². The summed E-state index contributed by atoms with van der Waals surface area (Å²) in [5.41, 5.74) is 0.401. The maximum atomic E-state index is 12.0. The van der Waals surface area contributed by atoms with Gasteiger partial charge >= 0.3 is 5.97 Å². The molecule has 90 valence electrons. The Morgan fingerprint density at radius 2 is 2.00 bits per heavy atom. The number of hydrogen-bond donors (Lipinski definition) is 1. The minimum atomic E-state index is -1.08. The minimum absolute atomic E-state index is 0.0456. The van der Waals surface area contributed by atoms with Crippen molar-refractivity contribution >= 4 is 23.6 Å². The number of aromatic carboxylic acids is 1. The number of nitrogens with zero attached hydrogens (tertiary/aromatic N) is 2. The van der Waals surface area contributed by atoms with Gasteiger partial charge in [0.25, 0.3) is 5.91 Å². The first-order valence-electron chi connectivity index (χ1n) is 5.25. The lowest BCUT2D eigenvalue weighted by molar-refractivity contribution is 0.0687. The van der Waals surface area contributed by atoms with Crippen molar-refractivity contribution in [2.24, 2.45) is 0 Å². The molecule has 2 rings (SSSR count). The summed E-state index contributed by atoms with van der Waals surface area (Å²) < 4.78 is 0. The molecular weight excluding hydrogens is 240 g/mol. The van der Waals surface area contributed by atoms with E-state index >= 15 is 0 Å². The molecule has 1 saturated heterocycles. The Labute approximate surface area is 103 Å². The maximum Gasteiger partial charge on any atom is 0.354 e. The molecule has 0 unspecified atom stereocenters. The molecular formula is C11H12N2O3S. The van der Waals surface area contributed by atoms with Gasteiger partial charge in [-0.25, -0.2) is 9.78 Å². The molecule has 17 heavy (non-hydrogen) atoms. The van der Waals surface area contributed by atoms with Gasteiger partial charge in [-0.2, -0.15) is 11.8 Å². The zero-order valence-electron chi connectivity index (χ0n) is 9.13. The second-order valence-corrected chi connectivity index (χ2v) is 4.87. The van der Waals surface area contributed by atoms with Crippen molar-refractivity contribution in [3.8, 4) is 0 Å². The molecule has 0 aromatic carbocycles. The van der Waals surface area contributed by atoms with Gasteiger partial charge in [0.2, 0.25) is 0 Å². The molecule has 1 aliphatic rings. The van der Waals surface area contributed by atoms with E-state index in [1.165, 1.54) is 18.3 Å². The van der Waals surface area contributed by atoms with Gasteiger partial charge in [-0.05, 0) is 12.1 Å². The molecule has 0 bridgehead atoms. The quantitative estimate of drug-likeness (QED) is 0.849. The van der Waals surface area contributed by atoms with E-state index in [4.69, 9.17) is 5.11 Å². The lowest BCUT2D eigenvalue weighted by Crippen LogP contribution is -2.37. The summed E-state index contributed by atoms with van der Waals surface area (Å²) in [5, 5.41) is 8.70. The number of thioether (sulfide) groups is 1. The SMILES string of the molecule is O=C(O)c1ccc(C(=O)N2CCSCC2)cn1. The minimum Gasteiger partial charge on any atom is -0.477 e. The summed E-state index contributed by atoms with van der Waals surface area (Å²) in [6.45, 7) is 1.48. The van der Waals surface area contributed by atoms with E-state index in [1.807, 2.05) is 11.8 Å². The Balaban J connectivity index is 2.10. The predicted octanol–water partition coefficient (Wildman–Crippen LogP) is 0.969. The largest absolute Gasteiger partial charge is 0.477 e. The monoisotopic (exact) mass is 252 g/mol. The van der Waals surface area contributed by atoms with Crippen LogP contribution in [0.15, 0.2) is 18.3 Å². The average Bonchev–Trinajstić information content (AvgIpc) is 2.39. The van der Waals surface area contributed by atoms with Crippen LogP contribution in [-0.2, 0) is 0 Å². The highest BCUT2D eigenvalue weighted by Crippen LogP contribution is 2.12. The zero-order chi connectivity index (χ0) is 12.3. The molecule has 2 heterocycles. The summed E-state index contributed by atoms with van der Waals surface area (Å²) in [6, 6.07) is 2.87. The first kappa shape index (κ1) is 11.9. The average molecular weight is 252 g/mol. The lowest BCUT2D eigenvalue weighted by atomic mass is 10.2. The number of rotatable bonds is 2. The molecule has 0 aliphatic carbocycles. The summed E-state index contributed by atoms with van der Waals surface area (Å²) in [6.07, 6.45) is 1.33. The highest BCUT2D eigenvalue weighted by molar-refractivity contribution is 7.99. The summed E-state index contributed by atoms with van der Waals surface area (Å²) in [5.74, 6) is 0.742. The zero-order valence-corrected chi connectivity index (χ0v) is 9.94. The number of amides is 1. The standard InChI is InChI=1S/C11H12N2O3S/c14-10(13-3-5-17-6-4-13)8-1-2-9(11(15)16)12-7-8/h1-2,7H,3-6H2,(H,15,16). The number of aromatic nitrogens is 1. The van der Waals surface area contributed by atoms with E-state index in [2.05, 4.69) is 4.98 Å². The van der Waals surface area contributed by atoms with Crippen molar-refractivity contribution in [3.05, 3.63) is 29.6 Å².